The number of nitrogens with two attached hydrogens (primary N) is 1. The van der Waals surface area contributed by atoms with Crippen molar-refractivity contribution < 1.29 is 9.59 Å². The van der Waals surface area contributed by atoms with Crippen molar-refractivity contribution in [1.29, 1.82) is 0 Å². The Balaban J connectivity index is 0.00000338. The quantitative estimate of drug-likeness (QED) is 0.583. The van der Waals surface area contributed by atoms with Crippen LogP contribution in [0.4, 0.5) is 16.2 Å². The van der Waals surface area contributed by atoms with E-state index >= 15 is 0 Å². The molecule has 140 valence electrons. The molecular formula is C19H25ClN4O2. The number of anilines is 2. The van der Waals surface area contributed by atoms with Gasteiger partial charge in [0.1, 0.15) is 0 Å². The summed E-state index contributed by atoms with van der Waals surface area (Å²) in [6, 6.07) is 14.2. The van der Waals surface area contributed by atoms with Crippen molar-refractivity contribution in [2.45, 2.75) is 26.3 Å². The molecule has 0 aromatic heterocycles. The molecule has 26 heavy (non-hydrogen) atoms. The van der Waals surface area contributed by atoms with Crippen LogP contribution in [-0.2, 0) is 6.42 Å². The molecule has 0 aliphatic rings. The lowest BCUT2D eigenvalue weighted by molar-refractivity contribution is 0.0955. The van der Waals surface area contributed by atoms with Crippen molar-refractivity contribution in [1.82, 2.24) is 10.6 Å². The van der Waals surface area contributed by atoms with Crippen LogP contribution in [0.2, 0.25) is 0 Å². The molecular weight excluding hydrogens is 352 g/mol. The highest BCUT2D eigenvalue weighted by Crippen LogP contribution is 2.15. The van der Waals surface area contributed by atoms with Gasteiger partial charge in [-0.2, -0.15) is 0 Å². The number of hydrogen-bond donors (Lipinski definition) is 4. The topological polar surface area (TPSA) is 96.2 Å². The highest BCUT2D eigenvalue weighted by Gasteiger charge is 2.13. The first kappa shape index (κ1) is 21.3. The lowest BCUT2D eigenvalue weighted by Gasteiger charge is -2.13. The fourth-order valence-corrected chi connectivity index (χ4v) is 2.31. The zero-order chi connectivity index (χ0) is 18.2. The van der Waals surface area contributed by atoms with Gasteiger partial charge in [0, 0.05) is 18.3 Å². The monoisotopic (exact) mass is 376 g/mol. The van der Waals surface area contributed by atoms with Crippen LogP contribution >= 0.6 is 12.4 Å². The fourth-order valence-electron chi connectivity index (χ4n) is 2.31. The summed E-state index contributed by atoms with van der Waals surface area (Å²) in [5.74, 6) is -0.226. The molecule has 0 saturated carbocycles. The number of rotatable bonds is 6. The smallest absolute Gasteiger partial charge is 0.319 e. The van der Waals surface area contributed by atoms with Crippen molar-refractivity contribution >= 4 is 35.7 Å². The van der Waals surface area contributed by atoms with E-state index in [9.17, 15) is 9.59 Å². The molecule has 0 aliphatic carbocycles. The molecule has 2 aromatic rings. The van der Waals surface area contributed by atoms with Crippen LogP contribution in [0, 0.1) is 0 Å². The molecule has 0 bridgehead atoms. The summed E-state index contributed by atoms with van der Waals surface area (Å²) in [7, 11) is 0. The van der Waals surface area contributed by atoms with E-state index in [-0.39, 0.29) is 30.4 Å². The number of benzene rings is 2. The van der Waals surface area contributed by atoms with Gasteiger partial charge in [-0.3, -0.25) is 4.79 Å². The van der Waals surface area contributed by atoms with Crippen molar-refractivity contribution in [2.75, 3.05) is 17.6 Å². The predicted molar refractivity (Wildman–Crippen MR) is 108 cm³/mol. The maximum atomic E-state index is 12.4. The zero-order valence-electron chi connectivity index (χ0n) is 14.9. The van der Waals surface area contributed by atoms with Crippen molar-refractivity contribution in [3.8, 4) is 0 Å². The highest BCUT2D eigenvalue weighted by molar-refractivity contribution is 6.03. The molecule has 0 aliphatic heterocycles. The Morgan fingerprint density at radius 1 is 1.04 bits per heavy atom. The minimum atomic E-state index is -0.336. The number of amides is 3. The molecule has 0 unspecified atom stereocenters. The highest BCUT2D eigenvalue weighted by atomic mass is 35.5. The summed E-state index contributed by atoms with van der Waals surface area (Å²) in [5, 5.41) is 8.32. The van der Waals surface area contributed by atoms with Gasteiger partial charge in [-0.1, -0.05) is 24.3 Å². The number of nitrogens with one attached hydrogen (secondary N) is 3. The normalized spacial score (nSPS) is 9.96. The summed E-state index contributed by atoms with van der Waals surface area (Å²) < 4.78 is 0. The Morgan fingerprint density at radius 2 is 1.69 bits per heavy atom. The molecule has 0 radical (unpaired) electrons. The number of halogens is 1. The molecule has 0 saturated heterocycles. The lowest BCUT2D eigenvalue weighted by atomic mass is 10.1. The number of carbonyl (C=O) groups is 2. The summed E-state index contributed by atoms with van der Waals surface area (Å²) in [5.41, 5.74) is 8.37. The largest absolute Gasteiger partial charge is 0.399 e. The van der Waals surface area contributed by atoms with Crippen molar-refractivity contribution in [2.24, 2.45) is 0 Å². The van der Waals surface area contributed by atoms with E-state index in [1.807, 2.05) is 38.1 Å². The number of carbonyl (C=O) groups excluding carboxylic acids is 2. The van der Waals surface area contributed by atoms with Gasteiger partial charge in [0.25, 0.3) is 5.91 Å². The van der Waals surface area contributed by atoms with Gasteiger partial charge in [-0.15, -0.1) is 12.4 Å². The van der Waals surface area contributed by atoms with Gasteiger partial charge in [0.2, 0.25) is 0 Å². The van der Waals surface area contributed by atoms with Crippen LogP contribution in [0.25, 0.3) is 0 Å². The Bertz CT molecular complexity index is 733. The van der Waals surface area contributed by atoms with E-state index in [1.165, 1.54) is 0 Å². The van der Waals surface area contributed by atoms with Crippen LogP contribution in [0.3, 0.4) is 0 Å². The SMILES string of the molecule is CC(C)NC(=O)Nc1ccccc1C(=O)NCCc1ccc(N)cc1.Cl. The number of urea groups is 1. The minimum absolute atomic E-state index is 0. The third-order valence-electron chi connectivity index (χ3n) is 3.52. The Labute approximate surface area is 160 Å². The predicted octanol–water partition coefficient (Wildman–Crippen LogP) is 3.19. The number of nitrogen functional groups attached to an aromatic ring is 1. The standard InChI is InChI=1S/C19H24N4O2.ClH/c1-13(2)22-19(25)23-17-6-4-3-5-16(17)18(24)21-12-11-14-7-9-15(20)10-8-14;/h3-10,13H,11-12,20H2,1-2H3,(H,21,24)(H2,22,23,25);1H. The molecule has 0 atom stereocenters. The van der Waals surface area contributed by atoms with E-state index < -0.39 is 0 Å². The second kappa shape index (κ2) is 10.3. The summed E-state index contributed by atoms with van der Waals surface area (Å²) in [6.45, 7) is 4.24. The molecule has 2 aromatic carbocycles. The van der Waals surface area contributed by atoms with Gasteiger partial charge < -0.3 is 21.7 Å². The average molecular weight is 377 g/mol. The van der Waals surface area contributed by atoms with Crippen molar-refractivity contribution in [3.63, 3.8) is 0 Å². The summed E-state index contributed by atoms with van der Waals surface area (Å²) >= 11 is 0. The molecule has 5 N–H and O–H groups in total. The zero-order valence-corrected chi connectivity index (χ0v) is 15.7. The minimum Gasteiger partial charge on any atom is -0.399 e. The molecule has 0 fully saturated rings. The molecule has 6 nitrogen and oxygen atoms in total. The molecule has 0 heterocycles. The Hall–Kier alpha value is -2.73. The second-order valence-electron chi connectivity index (χ2n) is 6.05. The maximum Gasteiger partial charge on any atom is 0.319 e. The van der Waals surface area contributed by atoms with E-state index in [0.717, 1.165) is 5.56 Å². The van der Waals surface area contributed by atoms with Crippen LogP contribution < -0.4 is 21.7 Å². The first-order chi connectivity index (χ1) is 12.0. The van der Waals surface area contributed by atoms with Gasteiger partial charge in [-0.05, 0) is 50.1 Å². The van der Waals surface area contributed by atoms with Gasteiger partial charge >= 0.3 is 6.03 Å². The second-order valence-corrected chi connectivity index (χ2v) is 6.05. The summed E-state index contributed by atoms with van der Waals surface area (Å²) in [6.07, 6.45) is 0.704. The molecule has 2 rings (SSSR count). The molecule has 0 spiro atoms. The number of para-hydroxylation sites is 1. The fraction of sp³-hybridized carbons (Fsp3) is 0.263. The first-order valence-corrected chi connectivity index (χ1v) is 8.25. The van der Waals surface area contributed by atoms with E-state index in [2.05, 4.69) is 16.0 Å². The Kier molecular flexibility index (Phi) is 8.45. The lowest BCUT2D eigenvalue weighted by Crippen LogP contribution is -2.35. The number of hydrogen-bond acceptors (Lipinski definition) is 3. The van der Waals surface area contributed by atoms with Crippen molar-refractivity contribution in [3.05, 3.63) is 59.7 Å². The third kappa shape index (κ3) is 6.64. The Morgan fingerprint density at radius 3 is 2.35 bits per heavy atom. The first-order valence-electron chi connectivity index (χ1n) is 8.25. The molecule has 3 amide bonds. The summed E-state index contributed by atoms with van der Waals surface area (Å²) in [4.78, 5) is 24.3. The van der Waals surface area contributed by atoms with E-state index in [0.29, 0.717) is 29.9 Å². The molecule has 7 heteroatoms. The average Bonchev–Trinajstić information content (AvgIpc) is 2.56. The van der Waals surface area contributed by atoms with Gasteiger partial charge in [0.05, 0.1) is 11.3 Å². The van der Waals surface area contributed by atoms with Crippen LogP contribution in [0.15, 0.2) is 48.5 Å². The van der Waals surface area contributed by atoms with Crippen LogP contribution in [0.1, 0.15) is 29.8 Å². The van der Waals surface area contributed by atoms with Gasteiger partial charge in [-0.25, -0.2) is 4.79 Å². The third-order valence-corrected chi connectivity index (χ3v) is 3.52. The van der Waals surface area contributed by atoms with E-state index in [4.69, 9.17) is 5.73 Å². The van der Waals surface area contributed by atoms with E-state index in [1.54, 1.807) is 24.3 Å². The maximum absolute atomic E-state index is 12.4. The van der Waals surface area contributed by atoms with Crippen LogP contribution in [-0.4, -0.2) is 24.5 Å². The van der Waals surface area contributed by atoms with Crippen LogP contribution in [0.5, 0.6) is 0 Å². The van der Waals surface area contributed by atoms with Gasteiger partial charge in [0.15, 0.2) is 0 Å².